The number of esters is 1. The van der Waals surface area contributed by atoms with Gasteiger partial charge in [0.25, 0.3) is 5.17 Å². The molecule has 174 valence electrons. The highest BCUT2D eigenvalue weighted by atomic mass is 32.1. The number of rotatable bonds is 14. The Morgan fingerprint density at radius 2 is 1.81 bits per heavy atom. The van der Waals surface area contributed by atoms with E-state index >= 15 is 0 Å². The number of Topliss-reactive ketones (excluding diaryl/α,β-unsaturated/α-hetero) is 1. The Balaban J connectivity index is 2.66. The molecule has 1 atom stereocenters. The van der Waals surface area contributed by atoms with Gasteiger partial charge in [0.1, 0.15) is 0 Å². The molecule has 0 aromatic rings. The Labute approximate surface area is 193 Å². The molecule has 1 rings (SSSR count). The van der Waals surface area contributed by atoms with E-state index in [0.717, 1.165) is 37.7 Å². The van der Waals surface area contributed by atoms with Crippen molar-refractivity contribution >= 4 is 29.1 Å². The summed E-state index contributed by atoms with van der Waals surface area (Å²) in [6, 6.07) is 0. The van der Waals surface area contributed by atoms with E-state index in [4.69, 9.17) is 21.7 Å². The minimum absolute atomic E-state index is 0.0711. The zero-order valence-electron chi connectivity index (χ0n) is 19.7. The van der Waals surface area contributed by atoms with Crippen molar-refractivity contribution in [2.24, 2.45) is 5.92 Å². The predicted octanol–water partition coefficient (Wildman–Crippen LogP) is 5.90. The molecule has 0 spiro atoms. The molecule has 0 amide bonds. The molecule has 5 nitrogen and oxygen atoms in total. The van der Waals surface area contributed by atoms with Crippen molar-refractivity contribution in [2.45, 2.75) is 78.1 Å². The lowest BCUT2D eigenvalue weighted by Gasteiger charge is -2.13. The van der Waals surface area contributed by atoms with Crippen molar-refractivity contribution < 1.29 is 19.1 Å². The summed E-state index contributed by atoms with van der Waals surface area (Å²) in [6.07, 6.45) is 18.0. The quantitative estimate of drug-likeness (QED) is 0.108. The second-order valence-electron chi connectivity index (χ2n) is 7.99. The lowest BCUT2D eigenvalue weighted by molar-refractivity contribution is -0.143. The van der Waals surface area contributed by atoms with Gasteiger partial charge in [-0.15, -0.1) is 0 Å². The van der Waals surface area contributed by atoms with Crippen LogP contribution in [0.25, 0.3) is 0 Å². The zero-order chi connectivity index (χ0) is 23.1. The molecule has 1 aliphatic carbocycles. The number of unbranched alkanes of at least 4 members (excludes halogenated alkanes) is 7. The van der Waals surface area contributed by atoms with Crippen LogP contribution < -0.4 is 0 Å². The fraction of sp³-hybridized carbons (Fsp3) is 0.640. The van der Waals surface area contributed by atoms with Crippen molar-refractivity contribution in [3.63, 3.8) is 0 Å². The van der Waals surface area contributed by atoms with Crippen molar-refractivity contribution in [2.75, 3.05) is 20.7 Å². The van der Waals surface area contributed by atoms with Crippen molar-refractivity contribution in [3.05, 3.63) is 35.6 Å². The molecule has 0 radical (unpaired) electrons. The molecule has 0 saturated carbocycles. The third kappa shape index (κ3) is 10.8. The van der Waals surface area contributed by atoms with Crippen LogP contribution in [0.1, 0.15) is 78.1 Å². The average molecular weight is 450 g/mol. The summed E-state index contributed by atoms with van der Waals surface area (Å²) in [4.78, 5) is 26.0. The van der Waals surface area contributed by atoms with Crippen LogP contribution in [0, 0.1) is 5.92 Å². The summed E-state index contributed by atoms with van der Waals surface area (Å²) in [7, 11) is 3.59. The van der Waals surface area contributed by atoms with Gasteiger partial charge in [-0.25, -0.2) is 0 Å². The Morgan fingerprint density at radius 1 is 1.10 bits per heavy atom. The summed E-state index contributed by atoms with van der Waals surface area (Å²) in [5, 5.41) is 0.280. The van der Waals surface area contributed by atoms with Crippen molar-refractivity contribution in [1.82, 2.24) is 4.90 Å². The predicted molar refractivity (Wildman–Crippen MR) is 130 cm³/mol. The van der Waals surface area contributed by atoms with E-state index in [1.165, 1.54) is 25.7 Å². The lowest BCUT2D eigenvalue weighted by atomic mass is 9.98. The first-order valence-electron chi connectivity index (χ1n) is 11.6. The maximum absolute atomic E-state index is 12.9. The maximum atomic E-state index is 12.9. The first kappa shape index (κ1) is 27.1. The molecule has 0 bridgehead atoms. The fourth-order valence-electron chi connectivity index (χ4n) is 3.29. The highest BCUT2D eigenvalue weighted by Crippen LogP contribution is 2.30. The third-order valence-electron chi connectivity index (χ3n) is 5.06. The van der Waals surface area contributed by atoms with Gasteiger partial charge in [0.15, 0.2) is 5.76 Å². The summed E-state index contributed by atoms with van der Waals surface area (Å²) in [5.41, 5.74) is 0.756. The van der Waals surface area contributed by atoms with Gasteiger partial charge in [0.2, 0.25) is 5.78 Å². The first-order chi connectivity index (χ1) is 14.9. The summed E-state index contributed by atoms with van der Waals surface area (Å²) < 4.78 is 10.6. The van der Waals surface area contributed by atoms with Crippen LogP contribution in [0.3, 0.4) is 0 Å². The lowest BCUT2D eigenvalue weighted by Crippen LogP contribution is -2.23. The van der Waals surface area contributed by atoms with Crippen LogP contribution >= 0.6 is 12.2 Å². The van der Waals surface area contributed by atoms with Crippen LogP contribution in [0.5, 0.6) is 0 Å². The van der Waals surface area contributed by atoms with Gasteiger partial charge in [0.05, 0.1) is 6.61 Å². The number of hydrogen-bond acceptors (Lipinski definition) is 5. The number of carbonyl (C=O) groups is 2. The van der Waals surface area contributed by atoms with E-state index in [1.54, 1.807) is 19.0 Å². The van der Waals surface area contributed by atoms with Crippen LogP contribution in [0.4, 0.5) is 0 Å². The molecule has 0 aliphatic heterocycles. The number of allylic oxidation sites excluding steroid dienone is 5. The molecule has 0 aromatic heterocycles. The summed E-state index contributed by atoms with van der Waals surface area (Å²) in [5.74, 6) is 0.0150. The zero-order valence-corrected chi connectivity index (χ0v) is 20.5. The monoisotopic (exact) mass is 449 g/mol. The molecule has 1 aliphatic rings. The number of thiocarbonyl (C=S) groups is 1. The SMILES string of the molecule is CCCCCC/C=C/C1C=C(OC(=S)N(C)C)C(=O)/C1=C/CCCCCC(=O)OCC. The van der Waals surface area contributed by atoms with Crippen molar-refractivity contribution in [3.8, 4) is 0 Å². The van der Waals surface area contributed by atoms with E-state index in [0.29, 0.717) is 18.8 Å². The second-order valence-corrected chi connectivity index (χ2v) is 8.34. The first-order valence-corrected chi connectivity index (χ1v) is 12.0. The highest BCUT2D eigenvalue weighted by molar-refractivity contribution is 7.80. The van der Waals surface area contributed by atoms with E-state index < -0.39 is 0 Å². The Morgan fingerprint density at radius 3 is 2.48 bits per heavy atom. The number of hydrogen-bond donors (Lipinski definition) is 0. The number of nitrogens with zero attached hydrogens (tertiary/aromatic N) is 1. The molecule has 31 heavy (non-hydrogen) atoms. The fourth-order valence-corrected chi connectivity index (χ4v) is 3.38. The number of ketones is 1. The largest absolute Gasteiger partial charge is 0.466 e. The second kappa shape index (κ2) is 15.8. The summed E-state index contributed by atoms with van der Waals surface area (Å²) >= 11 is 5.20. The Hall–Kier alpha value is -1.95. The van der Waals surface area contributed by atoms with Gasteiger partial charge in [0, 0.05) is 32.0 Å². The molecule has 6 heteroatoms. The minimum atomic E-state index is -0.140. The van der Waals surface area contributed by atoms with Gasteiger partial charge in [-0.2, -0.15) is 0 Å². The van der Waals surface area contributed by atoms with E-state index in [-0.39, 0.29) is 22.8 Å². The van der Waals surface area contributed by atoms with E-state index in [2.05, 4.69) is 19.1 Å². The highest BCUT2D eigenvalue weighted by Gasteiger charge is 2.30. The molecule has 0 fully saturated rings. The molecule has 0 heterocycles. The van der Waals surface area contributed by atoms with E-state index in [1.807, 2.05) is 19.1 Å². The Bertz CT molecular complexity index is 679. The smallest absolute Gasteiger partial charge is 0.305 e. The normalized spacial score (nSPS) is 17.3. The number of carbonyl (C=O) groups excluding carboxylic acids is 2. The average Bonchev–Trinajstić information content (AvgIpc) is 3.02. The standard InChI is InChI=1S/C25H39NO4S/c1-5-7-8-9-10-13-16-20-19-22(30-25(31)26(3)4)24(28)21(20)17-14-11-12-15-18-23(27)29-6-2/h13,16-17,19-20H,5-12,14-15,18H2,1-4H3/b16-13+,21-17+. The van der Waals surface area contributed by atoms with Gasteiger partial charge in [-0.1, -0.05) is 50.8 Å². The molecule has 1 unspecified atom stereocenters. The minimum Gasteiger partial charge on any atom is -0.466 e. The Kier molecular flexibility index (Phi) is 13.8. The molecule has 0 saturated heterocycles. The maximum Gasteiger partial charge on any atom is 0.305 e. The molecule has 0 N–H and O–H groups in total. The molecular weight excluding hydrogens is 410 g/mol. The molecular formula is C25H39NO4S. The van der Waals surface area contributed by atoms with E-state index in [9.17, 15) is 9.59 Å². The topological polar surface area (TPSA) is 55.8 Å². The van der Waals surface area contributed by atoms with Crippen LogP contribution in [0.15, 0.2) is 35.6 Å². The van der Waals surface area contributed by atoms with Gasteiger partial charge in [-0.3, -0.25) is 9.59 Å². The molecule has 0 aromatic carbocycles. The van der Waals surface area contributed by atoms with Crippen LogP contribution in [-0.2, 0) is 19.1 Å². The van der Waals surface area contributed by atoms with Gasteiger partial charge < -0.3 is 14.4 Å². The van der Waals surface area contributed by atoms with Gasteiger partial charge in [-0.05, 0) is 57.3 Å². The third-order valence-corrected chi connectivity index (χ3v) is 5.51. The van der Waals surface area contributed by atoms with Gasteiger partial charge >= 0.3 is 5.97 Å². The van der Waals surface area contributed by atoms with Crippen LogP contribution in [0.2, 0.25) is 0 Å². The number of ether oxygens (including phenoxy) is 2. The van der Waals surface area contributed by atoms with Crippen molar-refractivity contribution in [1.29, 1.82) is 0 Å². The summed E-state index contributed by atoms with van der Waals surface area (Å²) in [6.45, 7) is 4.45. The van der Waals surface area contributed by atoms with Crippen LogP contribution in [-0.4, -0.2) is 42.5 Å².